The van der Waals surface area contributed by atoms with Crippen molar-refractivity contribution in [3.05, 3.63) is 41.3 Å². The number of thiazole rings is 1. The molecule has 0 fully saturated rings. The molecule has 0 bridgehead atoms. The van der Waals surface area contributed by atoms with E-state index in [4.69, 9.17) is 4.84 Å². The van der Waals surface area contributed by atoms with E-state index in [1.54, 1.807) is 17.4 Å². The molecule has 6 heteroatoms. The lowest BCUT2D eigenvalue weighted by atomic mass is 10.3. The maximum Gasteiger partial charge on any atom is 0.284 e. The number of benzene rings is 1. The normalized spacial score (nSPS) is 10.8. The summed E-state index contributed by atoms with van der Waals surface area (Å²) in [6.07, 6.45) is 0. The summed E-state index contributed by atoms with van der Waals surface area (Å²) in [5.41, 5.74) is 3.38. The third kappa shape index (κ3) is 2.58. The minimum Gasteiger partial charge on any atom is -0.274 e. The maximum atomic E-state index is 11.8. The summed E-state index contributed by atoms with van der Waals surface area (Å²) in [6, 6.07) is 11.7. The van der Waals surface area contributed by atoms with E-state index in [1.165, 1.54) is 11.3 Å². The quantitative estimate of drug-likeness (QED) is 0.748. The van der Waals surface area contributed by atoms with Crippen molar-refractivity contribution in [3.63, 3.8) is 0 Å². The SMILES string of the molecule is CCONC(=O)c1ccc(-c2nc3ccccc3s2)s1. The molecule has 3 aromatic rings. The van der Waals surface area contributed by atoms with Gasteiger partial charge in [-0.25, -0.2) is 10.5 Å². The highest BCUT2D eigenvalue weighted by Gasteiger charge is 2.12. The number of nitrogens with one attached hydrogen (secondary N) is 1. The van der Waals surface area contributed by atoms with Gasteiger partial charge in [-0.1, -0.05) is 12.1 Å². The summed E-state index contributed by atoms with van der Waals surface area (Å²) in [6.45, 7) is 2.27. The average molecular weight is 304 g/mol. The van der Waals surface area contributed by atoms with Crippen LogP contribution in [-0.4, -0.2) is 17.5 Å². The molecule has 0 spiro atoms. The molecule has 0 unspecified atom stereocenters. The first-order chi connectivity index (χ1) is 9.78. The minimum atomic E-state index is -0.218. The standard InChI is InChI=1S/C14H12N2O2S2/c1-2-18-16-13(17)11-7-8-12(19-11)14-15-9-5-3-4-6-10(9)20-14/h3-8H,2H2,1H3,(H,16,17). The van der Waals surface area contributed by atoms with Crippen molar-refractivity contribution in [2.45, 2.75) is 6.92 Å². The molecule has 4 nitrogen and oxygen atoms in total. The molecule has 102 valence electrons. The molecule has 0 saturated carbocycles. The van der Waals surface area contributed by atoms with Crippen LogP contribution in [0.5, 0.6) is 0 Å². The number of aromatic nitrogens is 1. The maximum absolute atomic E-state index is 11.8. The first-order valence-corrected chi connectivity index (χ1v) is 7.79. The Labute approximate surface area is 124 Å². The Kier molecular flexibility index (Phi) is 3.77. The lowest BCUT2D eigenvalue weighted by Crippen LogP contribution is -2.22. The van der Waals surface area contributed by atoms with E-state index in [-0.39, 0.29) is 5.91 Å². The Hall–Kier alpha value is -1.76. The molecule has 2 aromatic heterocycles. The molecular formula is C14H12N2O2S2. The van der Waals surface area contributed by atoms with Gasteiger partial charge in [-0.3, -0.25) is 9.63 Å². The van der Waals surface area contributed by atoms with Gasteiger partial charge in [-0.2, -0.15) is 0 Å². The van der Waals surface area contributed by atoms with Gasteiger partial charge in [0.25, 0.3) is 5.91 Å². The van der Waals surface area contributed by atoms with Crippen LogP contribution in [0.15, 0.2) is 36.4 Å². The fourth-order valence-electron chi connectivity index (χ4n) is 1.74. The molecule has 3 rings (SSSR count). The summed E-state index contributed by atoms with van der Waals surface area (Å²) in [5, 5.41) is 0.937. The molecule has 1 N–H and O–H groups in total. The lowest BCUT2D eigenvalue weighted by Gasteiger charge is -1.99. The van der Waals surface area contributed by atoms with Crippen molar-refractivity contribution in [1.82, 2.24) is 10.5 Å². The molecule has 1 aromatic carbocycles. The second kappa shape index (κ2) is 5.70. The number of fused-ring (bicyclic) bond motifs is 1. The Morgan fingerprint density at radius 3 is 2.90 bits per heavy atom. The number of rotatable bonds is 4. The number of hydrogen-bond donors (Lipinski definition) is 1. The van der Waals surface area contributed by atoms with Crippen molar-refractivity contribution < 1.29 is 9.63 Å². The number of carbonyl (C=O) groups excluding carboxylic acids is 1. The van der Waals surface area contributed by atoms with Crippen LogP contribution in [0.3, 0.4) is 0 Å². The zero-order chi connectivity index (χ0) is 13.9. The first-order valence-electron chi connectivity index (χ1n) is 6.16. The molecule has 20 heavy (non-hydrogen) atoms. The highest BCUT2D eigenvalue weighted by Crippen LogP contribution is 2.34. The van der Waals surface area contributed by atoms with E-state index in [9.17, 15) is 4.79 Å². The second-order valence-electron chi connectivity index (χ2n) is 4.01. The van der Waals surface area contributed by atoms with Crippen LogP contribution in [0.4, 0.5) is 0 Å². The van der Waals surface area contributed by atoms with Gasteiger partial charge in [0.2, 0.25) is 0 Å². The topological polar surface area (TPSA) is 51.2 Å². The second-order valence-corrected chi connectivity index (χ2v) is 6.13. The number of hydrogen-bond acceptors (Lipinski definition) is 5. The summed E-state index contributed by atoms with van der Waals surface area (Å²) >= 11 is 3.05. The van der Waals surface area contributed by atoms with E-state index in [1.807, 2.05) is 37.3 Å². The van der Waals surface area contributed by atoms with Crippen LogP contribution in [-0.2, 0) is 4.84 Å². The summed E-state index contributed by atoms with van der Waals surface area (Å²) < 4.78 is 1.15. The third-order valence-electron chi connectivity index (χ3n) is 2.64. The predicted octanol–water partition coefficient (Wildman–Crippen LogP) is 3.71. The van der Waals surface area contributed by atoms with Crippen molar-refractivity contribution >= 4 is 38.8 Å². The van der Waals surface area contributed by atoms with Crippen LogP contribution in [0.2, 0.25) is 0 Å². The number of carbonyl (C=O) groups is 1. The molecule has 0 saturated heterocycles. The van der Waals surface area contributed by atoms with E-state index in [2.05, 4.69) is 10.5 Å². The van der Waals surface area contributed by atoms with Crippen LogP contribution in [0.1, 0.15) is 16.6 Å². The van der Waals surface area contributed by atoms with Crippen LogP contribution in [0, 0.1) is 0 Å². The number of para-hydroxylation sites is 1. The van der Waals surface area contributed by atoms with Crippen molar-refractivity contribution in [1.29, 1.82) is 0 Å². The molecule has 0 aliphatic rings. The molecule has 0 atom stereocenters. The van der Waals surface area contributed by atoms with Gasteiger partial charge in [-0.15, -0.1) is 22.7 Å². The van der Waals surface area contributed by atoms with Crippen molar-refractivity contribution in [2.24, 2.45) is 0 Å². The fourth-order valence-corrected chi connectivity index (χ4v) is 3.65. The Morgan fingerprint density at radius 2 is 2.10 bits per heavy atom. The van der Waals surface area contributed by atoms with Crippen molar-refractivity contribution in [3.8, 4) is 9.88 Å². The highest BCUT2D eigenvalue weighted by molar-refractivity contribution is 7.26. The minimum absolute atomic E-state index is 0.218. The molecule has 0 aliphatic heterocycles. The smallest absolute Gasteiger partial charge is 0.274 e. The largest absolute Gasteiger partial charge is 0.284 e. The average Bonchev–Trinajstić information content (AvgIpc) is 3.10. The Morgan fingerprint density at radius 1 is 1.25 bits per heavy atom. The Bertz CT molecular complexity index is 715. The van der Waals surface area contributed by atoms with Gasteiger partial charge in [0.15, 0.2) is 0 Å². The van der Waals surface area contributed by atoms with Crippen LogP contribution >= 0.6 is 22.7 Å². The number of nitrogens with zero attached hydrogens (tertiary/aromatic N) is 1. The summed E-state index contributed by atoms with van der Waals surface area (Å²) in [4.78, 5) is 22.9. The zero-order valence-electron chi connectivity index (χ0n) is 10.8. The number of hydroxylamine groups is 1. The monoisotopic (exact) mass is 304 g/mol. The highest BCUT2D eigenvalue weighted by atomic mass is 32.1. The predicted molar refractivity (Wildman–Crippen MR) is 82.0 cm³/mol. The van der Waals surface area contributed by atoms with E-state index in [0.29, 0.717) is 11.5 Å². The third-order valence-corrected chi connectivity index (χ3v) is 4.93. The molecule has 0 aliphatic carbocycles. The van der Waals surface area contributed by atoms with Gasteiger partial charge in [-0.05, 0) is 31.2 Å². The van der Waals surface area contributed by atoms with Crippen LogP contribution < -0.4 is 5.48 Å². The van der Waals surface area contributed by atoms with E-state index in [0.717, 1.165) is 20.1 Å². The molecule has 1 amide bonds. The summed E-state index contributed by atoms with van der Waals surface area (Å²) in [7, 11) is 0. The summed E-state index contributed by atoms with van der Waals surface area (Å²) in [5.74, 6) is -0.218. The van der Waals surface area contributed by atoms with Crippen LogP contribution in [0.25, 0.3) is 20.1 Å². The van der Waals surface area contributed by atoms with E-state index >= 15 is 0 Å². The fraction of sp³-hybridized carbons (Fsp3) is 0.143. The molecule has 2 heterocycles. The zero-order valence-corrected chi connectivity index (χ0v) is 12.4. The molecule has 0 radical (unpaired) electrons. The number of amides is 1. The lowest BCUT2D eigenvalue weighted by molar-refractivity contribution is 0.0368. The van der Waals surface area contributed by atoms with Gasteiger partial charge in [0.05, 0.1) is 26.6 Å². The van der Waals surface area contributed by atoms with E-state index < -0.39 is 0 Å². The van der Waals surface area contributed by atoms with Gasteiger partial charge < -0.3 is 0 Å². The molecular weight excluding hydrogens is 292 g/mol. The van der Waals surface area contributed by atoms with Gasteiger partial charge in [0.1, 0.15) is 5.01 Å². The van der Waals surface area contributed by atoms with Gasteiger partial charge in [0, 0.05) is 0 Å². The van der Waals surface area contributed by atoms with Crippen molar-refractivity contribution in [2.75, 3.05) is 6.61 Å². The first kappa shape index (κ1) is 13.2. The number of thiophene rings is 1. The Balaban J connectivity index is 1.87. The van der Waals surface area contributed by atoms with Gasteiger partial charge >= 0.3 is 0 Å².